The smallest absolute Gasteiger partial charge is 0.243 e. The Morgan fingerprint density at radius 2 is 1.65 bits per heavy atom. The molecule has 0 bridgehead atoms. The summed E-state index contributed by atoms with van der Waals surface area (Å²) < 4.78 is 34.5. The Hall–Kier alpha value is -3.75. The zero-order chi connectivity index (χ0) is 24.0. The third-order valence-corrected chi connectivity index (χ3v) is 6.91. The van der Waals surface area contributed by atoms with Crippen molar-refractivity contribution in [1.29, 1.82) is 0 Å². The van der Waals surface area contributed by atoms with Gasteiger partial charge < -0.3 is 10.1 Å². The minimum Gasteiger partial charge on any atom is -0.497 e. The largest absolute Gasteiger partial charge is 0.497 e. The highest BCUT2D eigenvalue weighted by atomic mass is 32.2. The standard InChI is InChI=1S/C26H25N3O4S/c1-33-22-14-12-20(13-15-22)18-28-26(30)23(17-19-7-3-2-4-8-19)29-34(31,32)24-11-5-9-21-10-6-16-27-25(21)24/h2-16,23,29H,17-18H2,1H3,(H,28,30). The maximum absolute atomic E-state index is 13.4. The van der Waals surface area contributed by atoms with Crippen LogP contribution in [0.4, 0.5) is 0 Å². The van der Waals surface area contributed by atoms with Crippen LogP contribution in [0.1, 0.15) is 11.1 Å². The molecule has 0 aliphatic heterocycles. The zero-order valence-corrected chi connectivity index (χ0v) is 19.5. The van der Waals surface area contributed by atoms with E-state index in [-0.39, 0.29) is 17.9 Å². The summed E-state index contributed by atoms with van der Waals surface area (Å²) in [6, 6.07) is 24.1. The SMILES string of the molecule is COc1ccc(CNC(=O)C(Cc2ccccc2)NS(=O)(=O)c2cccc3cccnc23)cc1. The molecule has 1 heterocycles. The highest BCUT2D eigenvalue weighted by molar-refractivity contribution is 7.89. The number of rotatable bonds is 9. The van der Waals surface area contributed by atoms with E-state index in [1.165, 1.54) is 6.07 Å². The lowest BCUT2D eigenvalue weighted by Crippen LogP contribution is -2.47. The number of carbonyl (C=O) groups excluding carboxylic acids is 1. The van der Waals surface area contributed by atoms with Crippen LogP contribution in [0.2, 0.25) is 0 Å². The Balaban J connectivity index is 1.57. The number of hydrogen-bond acceptors (Lipinski definition) is 5. The summed E-state index contributed by atoms with van der Waals surface area (Å²) in [7, 11) is -2.45. The minimum atomic E-state index is -4.03. The van der Waals surface area contributed by atoms with Crippen LogP contribution in [0.15, 0.2) is 96.0 Å². The number of hydrogen-bond donors (Lipinski definition) is 2. The number of fused-ring (bicyclic) bond motifs is 1. The molecule has 0 aliphatic carbocycles. The summed E-state index contributed by atoms with van der Waals surface area (Å²) in [4.78, 5) is 17.4. The third kappa shape index (κ3) is 5.59. The van der Waals surface area contributed by atoms with E-state index in [1.807, 2.05) is 42.5 Å². The molecule has 0 saturated carbocycles. The molecule has 4 aromatic rings. The van der Waals surface area contributed by atoms with Crippen molar-refractivity contribution < 1.29 is 17.9 Å². The van der Waals surface area contributed by atoms with Crippen molar-refractivity contribution in [2.45, 2.75) is 23.9 Å². The molecule has 0 radical (unpaired) electrons. The average Bonchev–Trinajstić information content (AvgIpc) is 2.87. The average molecular weight is 476 g/mol. The van der Waals surface area contributed by atoms with E-state index < -0.39 is 22.0 Å². The van der Waals surface area contributed by atoms with Crippen LogP contribution in [-0.2, 0) is 27.8 Å². The maximum atomic E-state index is 13.4. The van der Waals surface area contributed by atoms with Gasteiger partial charge in [-0.3, -0.25) is 9.78 Å². The second-order valence-electron chi connectivity index (χ2n) is 7.76. The molecular weight excluding hydrogens is 450 g/mol. The molecule has 7 nitrogen and oxygen atoms in total. The molecular formula is C26H25N3O4S. The van der Waals surface area contributed by atoms with E-state index >= 15 is 0 Å². The minimum absolute atomic E-state index is 0.0339. The van der Waals surface area contributed by atoms with Crippen LogP contribution in [0.5, 0.6) is 5.75 Å². The highest BCUT2D eigenvalue weighted by Gasteiger charge is 2.27. The number of para-hydroxylation sites is 1. The second kappa shape index (κ2) is 10.5. The number of amides is 1. The molecule has 4 rings (SSSR count). The van der Waals surface area contributed by atoms with Gasteiger partial charge in [-0.25, -0.2) is 8.42 Å². The number of ether oxygens (including phenoxy) is 1. The fourth-order valence-electron chi connectivity index (χ4n) is 3.64. The molecule has 0 aliphatic rings. The molecule has 1 amide bonds. The summed E-state index contributed by atoms with van der Waals surface area (Å²) in [5, 5.41) is 3.55. The lowest BCUT2D eigenvalue weighted by molar-refractivity contribution is -0.122. The second-order valence-corrected chi connectivity index (χ2v) is 9.44. The van der Waals surface area contributed by atoms with E-state index in [9.17, 15) is 13.2 Å². The molecule has 34 heavy (non-hydrogen) atoms. The number of sulfonamides is 1. The molecule has 2 N–H and O–H groups in total. The lowest BCUT2D eigenvalue weighted by atomic mass is 10.1. The van der Waals surface area contributed by atoms with E-state index in [0.29, 0.717) is 16.7 Å². The third-order valence-electron chi connectivity index (χ3n) is 5.41. The van der Waals surface area contributed by atoms with Gasteiger partial charge in [0.05, 0.1) is 12.6 Å². The fourth-order valence-corrected chi connectivity index (χ4v) is 5.01. The topological polar surface area (TPSA) is 97.4 Å². The first-order chi connectivity index (χ1) is 16.5. The van der Waals surface area contributed by atoms with Crippen LogP contribution >= 0.6 is 0 Å². The summed E-state index contributed by atoms with van der Waals surface area (Å²) >= 11 is 0. The number of nitrogens with one attached hydrogen (secondary N) is 2. The van der Waals surface area contributed by atoms with Gasteiger partial charge in [0.25, 0.3) is 0 Å². The van der Waals surface area contributed by atoms with Gasteiger partial charge in [0.1, 0.15) is 16.7 Å². The Labute approximate surface area is 198 Å². The van der Waals surface area contributed by atoms with Crippen molar-refractivity contribution in [1.82, 2.24) is 15.0 Å². The van der Waals surface area contributed by atoms with Crippen molar-refractivity contribution in [2.24, 2.45) is 0 Å². The van der Waals surface area contributed by atoms with Gasteiger partial charge >= 0.3 is 0 Å². The van der Waals surface area contributed by atoms with E-state index in [2.05, 4.69) is 15.0 Å². The van der Waals surface area contributed by atoms with Crippen LogP contribution < -0.4 is 14.8 Å². The molecule has 3 aromatic carbocycles. The van der Waals surface area contributed by atoms with Gasteiger partial charge in [0.15, 0.2) is 0 Å². The molecule has 1 unspecified atom stereocenters. The van der Waals surface area contributed by atoms with E-state index in [1.54, 1.807) is 49.7 Å². The van der Waals surface area contributed by atoms with Crippen LogP contribution in [0, 0.1) is 0 Å². The fraction of sp³-hybridized carbons (Fsp3) is 0.154. The number of aromatic nitrogens is 1. The quantitative estimate of drug-likeness (QED) is 0.387. The Morgan fingerprint density at radius 1 is 0.912 bits per heavy atom. The Bertz CT molecular complexity index is 1370. The molecule has 0 fully saturated rings. The van der Waals surface area contributed by atoms with Crippen molar-refractivity contribution in [3.05, 3.63) is 102 Å². The molecule has 0 saturated heterocycles. The van der Waals surface area contributed by atoms with Gasteiger partial charge in [-0.05, 0) is 41.8 Å². The van der Waals surface area contributed by atoms with Crippen molar-refractivity contribution in [2.75, 3.05) is 7.11 Å². The molecule has 0 spiro atoms. The highest BCUT2D eigenvalue weighted by Crippen LogP contribution is 2.21. The van der Waals surface area contributed by atoms with Gasteiger partial charge in [-0.2, -0.15) is 4.72 Å². The summed E-state index contributed by atoms with van der Waals surface area (Å²) in [5.74, 6) is 0.296. The molecule has 8 heteroatoms. The van der Waals surface area contributed by atoms with E-state index in [4.69, 9.17) is 4.74 Å². The van der Waals surface area contributed by atoms with Crippen LogP contribution in [0.25, 0.3) is 10.9 Å². The van der Waals surface area contributed by atoms with Crippen molar-refractivity contribution >= 4 is 26.8 Å². The number of pyridine rings is 1. The predicted octanol–water partition coefficient (Wildman–Crippen LogP) is 3.45. The van der Waals surface area contributed by atoms with Gasteiger partial charge in [-0.1, -0.05) is 60.7 Å². The number of nitrogens with zero attached hydrogens (tertiary/aromatic N) is 1. The van der Waals surface area contributed by atoms with Gasteiger partial charge in [0, 0.05) is 18.1 Å². The number of methoxy groups -OCH3 is 1. The first kappa shape index (κ1) is 23.4. The van der Waals surface area contributed by atoms with E-state index in [0.717, 1.165) is 11.1 Å². The summed E-state index contributed by atoms with van der Waals surface area (Å²) in [6.45, 7) is 0.256. The Morgan fingerprint density at radius 3 is 2.38 bits per heavy atom. The molecule has 1 aromatic heterocycles. The lowest BCUT2D eigenvalue weighted by Gasteiger charge is -2.19. The van der Waals surface area contributed by atoms with Gasteiger partial charge in [0.2, 0.25) is 15.9 Å². The number of benzene rings is 3. The molecule has 1 atom stereocenters. The van der Waals surface area contributed by atoms with Crippen LogP contribution in [-0.4, -0.2) is 32.5 Å². The normalized spacial score (nSPS) is 12.3. The maximum Gasteiger partial charge on any atom is 0.243 e. The summed E-state index contributed by atoms with van der Waals surface area (Å²) in [5.41, 5.74) is 2.06. The summed E-state index contributed by atoms with van der Waals surface area (Å²) in [6.07, 6.45) is 1.75. The van der Waals surface area contributed by atoms with Crippen LogP contribution in [0.3, 0.4) is 0 Å². The monoisotopic (exact) mass is 475 g/mol. The van der Waals surface area contributed by atoms with Crippen molar-refractivity contribution in [3.8, 4) is 5.75 Å². The first-order valence-electron chi connectivity index (χ1n) is 10.8. The van der Waals surface area contributed by atoms with Gasteiger partial charge in [-0.15, -0.1) is 0 Å². The first-order valence-corrected chi connectivity index (χ1v) is 12.3. The molecule has 174 valence electrons. The van der Waals surface area contributed by atoms with Crippen molar-refractivity contribution in [3.63, 3.8) is 0 Å². The Kier molecular flexibility index (Phi) is 7.20. The number of carbonyl (C=O) groups is 1. The zero-order valence-electron chi connectivity index (χ0n) is 18.6. The predicted molar refractivity (Wildman–Crippen MR) is 131 cm³/mol.